The minimum Gasteiger partial charge on any atom is -0.361 e. The molecule has 0 amide bonds. The molecule has 2 nitrogen and oxygen atoms in total. The molecule has 0 unspecified atom stereocenters. The van der Waals surface area contributed by atoms with E-state index in [4.69, 9.17) is 0 Å². The van der Waals surface area contributed by atoms with Crippen LogP contribution in [0, 0.1) is 0 Å². The molecule has 0 saturated heterocycles. The van der Waals surface area contributed by atoms with Gasteiger partial charge in [-0.1, -0.05) is 30.3 Å². The number of benzene rings is 1. The van der Waals surface area contributed by atoms with Crippen LogP contribution in [-0.4, -0.2) is 16.9 Å². The van der Waals surface area contributed by atoms with E-state index in [1.165, 1.54) is 6.20 Å². The van der Waals surface area contributed by atoms with Gasteiger partial charge in [-0.3, -0.25) is 4.79 Å². The van der Waals surface area contributed by atoms with Gasteiger partial charge in [0.1, 0.15) is 0 Å². The van der Waals surface area contributed by atoms with E-state index in [0.717, 1.165) is 6.07 Å². The van der Waals surface area contributed by atoms with E-state index in [2.05, 4.69) is 4.98 Å². The summed E-state index contributed by atoms with van der Waals surface area (Å²) in [5, 5.41) is 0. The average Bonchev–Trinajstić information content (AvgIpc) is 2.76. The average molecular weight is 239 g/mol. The fraction of sp³-hybridized carbons (Fsp3) is 0.0833. The van der Waals surface area contributed by atoms with E-state index in [9.17, 15) is 18.0 Å². The van der Waals surface area contributed by atoms with Crippen LogP contribution in [0.25, 0.3) is 11.3 Å². The molecule has 17 heavy (non-hydrogen) atoms. The van der Waals surface area contributed by atoms with E-state index >= 15 is 0 Å². The van der Waals surface area contributed by atoms with Crippen LogP contribution in [0.1, 0.15) is 10.4 Å². The van der Waals surface area contributed by atoms with Crippen LogP contribution >= 0.6 is 0 Å². The molecule has 1 N–H and O–H groups in total. The van der Waals surface area contributed by atoms with Crippen molar-refractivity contribution in [3.63, 3.8) is 0 Å². The smallest absolute Gasteiger partial charge is 0.361 e. The van der Waals surface area contributed by atoms with Crippen molar-refractivity contribution in [3.05, 3.63) is 48.2 Å². The molecule has 0 aliphatic carbocycles. The molecule has 2 aromatic rings. The first kappa shape index (κ1) is 11.4. The largest absolute Gasteiger partial charge is 0.454 e. The normalized spacial score (nSPS) is 11.5. The molecule has 0 spiro atoms. The Balaban J connectivity index is 2.46. The summed E-state index contributed by atoms with van der Waals surface area (Å²) in [7, 11) is 0. The molecule has 0 atom stereocenters. The molecule has 0 radical (unpaired) electrons. The maximum atomic E-state index is 12.3. The Morgan fingerprint density at radius 1 is 1.06 bits per heavy atom. The van der Waals surface area contributed by atoms with Gasteiger partial charge in [-0.05, 0) is 11.6 Å². The molecular formula is C12H8F3NO. The number of aromatic amines is 1. The summed E-state index contributed by atoms with van der Waals surface area (Å²) in [6, 6.07) is 9.55. The Labute approximate surface area is 95.1 Å². The molecule has 0 saturated carbocycles. The van der Waals surface area contributed by atoms with Gasteiger partial charge in [-0.2, -0.15) is 13.2 Å². The molecule has 0 aliphatic heterocycles. The quantitative estimate of drug-likeness (QED) is 0.800. The zero-order chi connectivity index (χ0) is 12.5. The highest BCUT2D eigenvalue weighted by Gasteiger charge is 2.40. The first-order valence-electron chi connectivity index (χ1n) is 4.84. The summed E-state index contributed by atoms with van der Waals surface area (Å²) in [6.07, 6.45) is -3.53. The number of carbonyl (C=O) groups is 1. The van der Waals surface area contributed by atoms with Crippen molar-refractivity contribution in [2.75, 3.05) is 0 Å². The number of ketones is 1. The first-order valence-corrected chi connectivity index (χ1v) is 4.84. The van der Waals surface area contributed by atoms with Crippen molar-refractivity contribution in [1.29, 1.82) is 0 Å². The van der Waals surface area contributed by atoms with Gasteiger partial charge in [-0.15, -0.1) is 0 Å². The number of aromatic nitrogens is 1. The second-order valence-corrected chi connectivity index (χ2v) is 3.46. The van der Waals surface area contributed by atoms with Crippen molar-refractivity contribution in [3.8, 4) is 11.3 Å². The van der Waals surface area contributed by atoms with E-state index in [-0.39, 0.29) is 11.3 Å². The van der Waals surface area contributed by atoms with Crippen molar-refractivity contribution in [1.82, 2.24) is 4.98 Å². The number of rotatable bonds is 2. The van der Waals surface area contributed by atoms with Gasteiger partial charge in [0.05, 0.1) is 11.3 Å². The number of Topliss-reactive ketones (excluding diaryl/α,β-unsaturated/α-hetero) is 1. The Morgan fingerprint density at radius 3 is 2.29 bits per heavy atom. The highest BCUT2D eigenvalue weighted by Crippen LogP contribution is 2.28. The number of nitrogens with one attached hydrogen (secondary N) is 1. The summed E-state index contributed by atoms with van der Waals surface area (Å²) in [5.41, 5.74) is 0.377. The lowest BCUT2D eigenvalue weighted by Gasteiger charge is -2.06. The van der Waals surface area contributed by atoms with E-state index in [1.54, 1.807) is 30.3 Å². The lowest BCUT2D eigenvalue weighted by molar-refractivity contribution is -0.0884. The van der Waals surface area contributed by atoms with E-state index in [0.29, 0.717) is 5.56 Å². The van der Waals surface area contributed by atoms with Gasteiger partial charge in [0.15, 0.2) is 0 Å². The molecule has 2 rings (SSSR count). The Hall–Kier alpha value is -2.04. The highest BCUT2D eigenvalue weighted by molar-refractivity contribution is 6.05. The SMILES string of the molecule is O=C(c1cc[nH]c1-c1ccccc1)C(F)(F)F. The minimum atomic E-state index is -4.86. The maximum absolute atomic E-state index is 12.3. The lowest BCUT2D eigenvalue weighted by Crippen LogP contribution is -2.22. The van der Waals surface area contributed by atoms with Gasteiger partial charge < -0.3 is 4.98 Å². The third-order valence-electron chi connectivity index (χ3n) is 2.31. The summed E-state index contributed by atoms with van der Waals surface area (Å²) >= 11 is 0. The molecule has 0 fully saturated rings. The molecule has 5 heteroatoms. The number of carbonyl (C=O) groups excluding carboxylic acids is 1. The highest BCUT2D eigenvalue weighted by atomic mass is 19.4. The second kappa shape index (κ2) is 4.08. The van der Waals surface area contributed by atoms with Crippen LogP contribution in [0.2, 0.25) is 0 Å². The molecule has 1 aromatic heterocycles. The molecule has 0 aliphatic rings. The van der Waals surface area contributed by atoms with Gasteiger partial charge in [0.25, 0.3) is 5.78 Å². The standard InChI is InChI=1S/C12H8F3NO/c13-12(14,15)11(17)9-6-7-16-10(9)8-4-2-1-3-5-8/h1-7,16H. The van der Waals surface area contributed by atoms with Gasteiger partial charge in [0, 0.05) is 6.20 Å². The molecule has 88 valence electrons. The molecule has 0 bridgehead atoms. The second-order valence-electron chi connectivity index (χ2n) is 3.46. The maximum Gasteiger partial charge on any atom is 0.454 e. The number of hydrogen-bond acceptors (Lipinski definition) is 1. The predicted octanol–water partition coefficient (Wildman–Crippen LogP) is 3.43. The Kier molecular flexibility index (Phi) is 2.75. The Bertz CT molecular complexity index is 528. The molecular weight excluding hydrogens is 231 g/mol. The van der Waals surface area contributed by atoms with Crippen LogP contribution < -0.4 is 0 Å². The van der Waals surface area contributed by atoms with Crippen LogP contribution in [0.3, 0.4) is 0 Å². The van der Waals surface area contributed by atoms with Crippen molar-refractivity contribution < 1.29 is 18.0 Å². The minimum absolute atomic E-state index is 0.188. The monoisotopic (exact) mass is 239 g/mol. The topological polar surface area (TPSA) is 32.9 Å². The van der Waals surface area contributed by atoms with E-state index in [1.807, 2.05) is 0 Å². The van der Waals surface area contributed by atoms with Crippen molar-refractivity contribution in [2.45, 2.75) is 6.18 Å². The molecule has 1 heterocycles. The first-order chi connectivity index (χ1) is 8.00. The third kappa shape index (κ3) is 2.22. The fourth-order valence-corrected chi connectivity index (χ4v) is 1.55. The van der Waals surface area contributed by atoms with Gasteiger partial charge in [0.2, 0.25) is 0 Å². The van der Waals surface area contributed by atoms with Crippen LogP contribution in [-0.2, 0) is 0 Å². The van der Waals surface area contributed by atoms with E-state index < -0.39 is 12.0 Å². The predicted molar refractivity (Wildman–Crippen MR) is 56.6 cm³/mol. The number of halogens is 3. The van der Waals surface area contributed by atoms with Crippen molar-refractivity contribution >= 4 is 5.78 Å². The molecule has 1 aromatic carbocycles. The zero-order valence-electron chi connectivity index (χ0n) is 8.58. The lowest BCUT2D eigenvalue weighted by atomic mass is 10.1. The zero-order valence-corrected chi connectivity index (χ0v) is 8.58. The number of hydrogen-bond donors (Lipinski definition) is 1. The third-order valence-corrected chi connectivity index (χ3v) is 2.31. The summed E-state index contributed by atoms with van der Waals surface area (Å²) in [4.78, 5) is 13.8. The van der Waals surface area contributed by atoms with Crippen molar-refractivity contribution in [2.24, 2.45) is 0 Å². The number of alkyl halides is 3. The van der Waals surface area contributed by atoms with Crippen LogP contribution in [0.4, 0.5) is 13.2 Å². The van der Waals surface area contributed by atoms with Crippen LogP contribution in [0.15, 0.2) is 42.6 Å². The number of H-pyrrole nitrogens is 1. The summed E-state index contributed by atoms with van der Waals surface area (Å²) < 4.78 is 37.0. The fourth-order valence-electron chi connectivity index (χ4n) is 1.55. The Morgan fingerprint density at radius 2 is 1.71 bits per heavy atom. The van der Waals surface area contributed by atoms with Gasteiger partial charge in [-0.25, -0.2) is 0 Å². The summed E-state index contributed by atoms with van der Waals surface area (Å²) in [6.45, 7) is 0. The summed E-state index contributed by atoms with van der Waals surface area (Å²) in [5.74, 6) is -1.84. The van der Waals surface area contributed by atoms with Crippen LogP contribution in [0.5, 0.6) is 0 Å². The van der Waals surface area contributed by atoms with Gasteiger partial charge >= 0.3 is 6.18 Å².